The number of para-hydroxylation sites is 1. The van der Waals surface area contributed by atoms with E-state index in [-0.39, 0.29) is 24.2 Å². The second-order valence-corrected chi connectivity index (χ2v) is 6.59. The fourth-order valence-electron chi connectivity index (χ4n) is 2.18. The molecule has 0 bridgehead atoms. The van der Waals surface area contributed by atoms with Gasteiger partial charge in [-0.05, 0) is 36.4 Å². The van der Waals surface area contributed by atoms with Crippen LogP contribution in [-0.2, 0) is 16.2 Å². The average Bonchev–Trinajstić information content (AvgIpc) is 3.15. The number of nitrogens with one attached hydrogen (secondary N) is 2. The number of hydrogen-bond donors (Lipinski definition) is 2. The summed E-state index contributed by atoms with van der Waals surface area (Å²) in [5.41, 5.74) is 1.29. The van der Waals surface area contributed by atoms with Gasteiger partial charge in [0.25, 0.3) is 11.1 Å². The molecule has 0 aliphatic carbocycles. The molecule has 0 saturated heterocycles. The van der Waals surface area contributed by atoms with E-state index >= 15 is 0 Å². The lowest BCUT2D eigenvalue weighted by atomic mass is 10.3. The Kier molecular flexibility index (Phi) is 6.64. The number of amides is 2. The maximum absolute atomic E-state index is 12.0. The van der Waals surface area contributed by atoms with Crippen LogP contribution >= 0.6 is 11.8 Å². The van der Waals surface area contributed by atoms with E-state index < -0.39 is 0 Å². The summed E-state index contributed by atoms with van der Waals surface area (Å²) < 4.78 is 11.0. The molecular formula is C19H18N4O4S. The molecule has 2 N–H and O–H groups in total. The fourth-order valence-corrected chi connectivity index (χ4v) is 2.76. The molecule has 0 atom stereocenters. The van der Waals surface area contributed by atoms with Crippen LogP contribution < -0.4 is 15.4 Å². The minimum Gasteiger partial charge on any atom is -0.484 e. The number of anilines is 2. The van der Waals surface area contributed by atoms with Crippen LogP contribution in [-0.4, -0.2) is 27.8 Å². The molecular weight excluding hydrogens is 380 g/mol. The lowest BCUT2D eigenvalue weighted by Gasteiger charge is -2.06. The summed E-state index contributed by atoms with van der Waals surface area (Å²) in [7, 11) is 0. The van der Waals surface area contributed by atoms with Gasteiger partial charge in [0.15, 0.2) is 6.61 Å². The first-order valence-corrected chi connectivity index (χ1v) is 9.37. The average molecular weight is 398 g/mol. The molecule has 9 heteroatoms. The molecule has 144 valence electrons. The van der Waals surface area contributed by atoms with E-state index in [2.05, 4.69) is 20.8 Å². The standard InChI is InChI=1S/C19H18N4O4S/c1-13(24)20-14-7-9-15(10-8-14)21-17(25)12-28-19-23-22-18(27-19)11-26-16-5-3-2-4-6-16/h2-10H,11-12H2,1H3,(H,20,24)(H,21,25). The SMILES string of the molecule is CC(=O)Nc1ccc(NC(=O)CSc2nnc(COc3ccccc3)o2)cc1. The van der Waals surface area contributed by atoms with Gasteiger partial charge in [-0.1, -0.05) is 30.0 Å². The van der Waals surface area contributed by atoms with E-state index in [9.17, 15) is 9.59 Å². The van der Waals surface area contributed by atoms with Crippen molar-refractivity contribution in [1.82, 2.24) is 10.2 Å². The first-order chi connectivity index (χ1) is 13.6. The molecule has 0 saturated carbocycles. The largest absolute Gasteiger partial charge is 0.484 e. The number of carbonyl (C=O) groups excluding carboxylic acids is 2. The lowest BCUT2D eigenvalue weighted by molar-refractivity contribution is -0.114. The highest BCUT2D eigenvalue weighted by atomic mass is 32.2. The Morgan fingerprint density at radius 1 is 1.00 bits per heavy atom. The Morgan fingerprint density at radius 3 is 2.36 bits per heavy atom. The van der Waals surface area contributed by atoms with Gasteiger partial charge in [0.05, 0.1) is 5.75 Å². The van der Waals surface area contributed by atoms with Crippen molar-refractivity contribution in [3.05, 3.63) is 60.5 Å². The summed E-state index contributed by atoms with van der Waals surface area (Å²) in [4.78, 5) is 23.0. The van der Waals surface area contributed by atoms with E-state index in [1.54, 1.807) is 24.3 Å². The van der Waals surface area contributed by atoms with Crippen molar-refractivity contribution in [2.45, 2.75) is 18.8 Å². The molecule has 0 spiro atoms. The third kappa shape index (κ3) is 6.13. The van der Waals surface area contributed by atoms with Crippen molar-refractivity contribution in [3.63, 3.8) is 0 Å². The third-order valence-electron chi connectivity index (χ3n) is 3.37. The highest BCUT2D eigenvalue weighted by Crippen LogP contribution is 2.19. The second kappa shape index (κ2) is 9.56. The van der Waals surface area contributed by atoms with Crippen LogP contribution in [0.15, 0.2) is 64.2 Å². The summed E-state index contributed by atoms with van der Waals surface area (Å²) in [5.74, 6) is 0.798. The van der Waals surface area contributed by atoms with E-state index in [4.69, 9.17) is 9.15 Å². The maximum atomic E-state index is 12.0. The smallest absolute Gasteiger partial charge is 0.277 e. The number of ether oxygens (including phenoxy) is 1. The van der Waals surface area contributed by atoms with Crippen molar-refractivity contribution in [2.24, 2.45) is 0 Å². The van der Waals surface area contributed by atoms with Crippen LogP contribution in [0.2, 0.25) is 0 Å². The Hall–Kier alpha value is -3.33. The molecule has 2 aromatic carbocycles. The Morgan fingerprint density at radius 2 is 1.68 bits per heavy atom. The van der Waals surface area contributed by atoms with E-state index in [1.165, 1.54) is 6.92 Å². The van der Waals surface area contributed by atoms with Gasteiger partial charge in [0, 0.05) is 18.3 Å². The van der Waals surface area contributed by atoms with Gasteiger partial charge < -0.3 is 19.8 Å². The second-order valence-electron chi connectivity index (χ2n) is 5.66. The number of hydrogen-bond acceptors (Lipinski definition) is 7. The van der Waals surface area contributed by atoms with Crippen molar-refractivity contribution >= 4 is 35.0 Å². The zero-order valence-corrected chi connectivity index (χ0v) is 15.9. The fraction of sp³-hybridized carbons (Fsp3) is 0.158. The Bertz CT molecular complexity index is 929. The Balaban J connectivity index is 1.43. The lowest BCUT2D eigenvalue weighted by Crippen LogP contribution is -2.14. The zero-order chi connectivity index (χ0) is 19.8. The highest BCUT2D eigenvalue weighted by molar-refractivity contribution is 7.99. The van der Waals surface area contributed by atoms with Crippen LogP contribution in [0.25, 0.3) is 0 Å². The minimum absolute atomic E-state index is 0.120. The van der Waals surface area contributed by atoms with Crippen LogP contribution in [0, 0.1) is 0 Å². The molecule has 0 unspecified atom stereocenters. The van der Waals surface area contributed by atoms with Gasteiger partial charge >= 0.3 is 0 Å². The molecule has 1 heterocycles. The maximum Gasteiger partial charge on any atom is 0.277 e. The van der Waals surface area contributed by atoms with Crippen LogP contribution in [0.3, 0.4) is 0 Å². The predicted molar refractivity (Wildman–Crippen MR) is 105 cm³/mol. The van der Waals surface area contributed by atoms with Gasteiger partial charge in [-0.15, -0.1) is 10.2 Å². The van der Waals surface area contributed by atoms with Crippen molar-refractivity contribution in [2.75, 3.05) is 16.4 Å². The van der Waals surface area contributed by atoms with Crippen molar-refractivity contribution in [3.8, 4) is 5.75 Å². The molecule has 3 rings (SSSR count). The molecule has 28 heavy (non-hydrogen) atoms. The molecule has 0 aliphatic rings. The molecule has 1 aromatic heterocycles. The summed E-state index contributed by atoms with van der Waals surface area (Å²) in [5, 5.41) is 13.5. The molecule has 0 radical (unpaired) electrons. The number of benzene rings is 2. The van der Waals surface area contributed by atoms with Crippen molar-refractivity contribution < 1.29 is 18.7 Å². The Labute approximate surface area is 165 Å². The highest BCUT2D eigenvalue weighted by Gasteiger charge is 2.10. The van der Waals surface area contributed by atoms with E-state index in [0.717, 1.165) is 11.8 Å². The van der Waals surface area contributed by atoms with Gasteiger partial charge in [-0.25, -0.2) is 0 Å². The summed E-state index contributed by atoms with van der Waals surface area (Å²) in [6, 6.07) is 16.1. The van der Waals surface area contributed by atoms with Crippen LogP contribution in [0.4, 0.5) is 11.4 Å². The molecule has 0 aliphatic heterocycles. The van der Waals surface area contributed by atoms with Crippen LogP contribution in [0.1, 0.15) is 12.8 Å². The number of nitrogens with zero attached hydrogens (tertiary/aromatic N) is 2. The third-order valence-corrected chi connectivity index (χ3v) is 4.19. The number of rotatable bonds is 8. The summed E-state index contributed by atoms with van der Waals surface area (Å²) in [6.45, 7) is 1.59. The first-order valence-electron chi connectivity index (χ1n) is 8.39. The zero-order valence-electron chi connectivity index (χ0n) is 15.0. The number of carbonyl (C=O) groups is 2. The molecule has 8 nitrogen and oxygen atoms in total. The molecule has 3 aromatic rings. The van der Waals surface area contributed by atoms with Gasteiger partial charge in [0.2, 0.25) is 11.8 Å². The monoisotopic (exact) mass is 398 g/mol. The predicted octanol–water partition coefficient (Wildman–Crippen LogP) is 3.34. The van der Waals surface area contributed by atoms with Crippen LogP contribution in [0.5, 0.6) is 5.75 Å². The summed E-state index contributed by atoms with van der Waals surface area (Å²) in [6.07, 6.45) is 0. The quantitative estimate of drug-likeness (QED) is 0.561. The normalized spacial score (nSPS) is 10.3. The van der Waals surface area contributed by atoms with E-state index in [1.807, 2.05) is 30.3 Å². The summed E-state index contributed by atoms with van der Waals surface area (Å²) >= 11 is 1.14. The number of thioether (sulfide) groups is 1. The van der Waals surface area contributed by atoms with E-state index in [0.29, 0.717) is 28.2 Å². The minimum atomic E-state index is -0.211. The molecule has 2 amide bonds. The van der Waals surface area contributed by atoms with Gasteiger partial charge in [-0.2, -0.15) is 0 Å². The van der Waals surface area contributed by atoms with Gasteiger partial charge in [0.1, 0.15) is 5.75 Å². The molecule has 0 fully saturated rings. The topological polar surface area (TPSA) is 106 Å². The first kappa shape index (κ1) is 19.4. The van der Waals surface area contributed by atoms with Crippen molar-refractivity contribution in [1.29, 1.82) is 0 Å². The van der Waals surface area contributed by atoms with Gasteiger partial charge in [-0.3, -0.25) is 9.59 Å². The number of aromatic nitrogens is 2.